The van der Waals surface area contributed by atoms with Crippen LogP contribution in [0.25, 0.3) is 0 Å². The van der Waals surface area contributed by atoms with Crippen LogP contribution >= 0.6 is 0 Å². The molecule has 0 aliphatic carbocycles. The Labute approximate surface area is 86.8 Å². The van der Waals surface area contributed by atoms with Gasteiger partial charge >= 0.3 is 6.01 Å². The molecule has 2 rings (SSSR count). The first-order valence-corrected chi connectivity index (χ1v) is 4.25. The average Bonchev–Trinajstić information content (AvgIpc) is 2.31. The summed E-state index contributed by atoms with van der Waals surface area (Å²) in [5.74, 6) is 0.591. The van der Waals surface area contributed by atoms with Gasteiger partial charge in [0.1, 0.15) is 5.75 Å². The summed E-state index contributed by atoms with van der Waals surface area (Å²) in [6, 6.07) is 10.6. The van der Waals surface area contributed by atoms with Crippen molar-refractivity contribution in [1.82, 2.24) is 9.97 Å². The van der Waals surface area contributed by atoms with Crippen molar-refractivity contribution < 1.29 is 4.74 Å². The maximum Gasteiger partial charge on any atom is 0.322 e. The quantitative estimate of drug-likeness (QED) is 0.736. The second-order valence-corrected chi connectivity index (χ2v) is 2.71. The summed E-state index contributed by atoms with van der Waals surface area (Å²) in [6.07, 6.45) is 4.16. The number of nitriles is 1. The van der Waals surface area contributed by atoms with Crippen LogP contribution in [-0.2, 0) is 0 Å². The molecule has 0 spiro atoms. The Morgan fingerprint density at radius 3 is 2.67 bits per heavy atom. The number of hydrogen-bond acceptors (Lipinski definition) is 4. The molecule has 0 unspecified atom stereocenters. The molecule has 71 valence electrons. The van der Waals surface area contributed by atoms with Crippen molar-refractivity contribution in [2.75, 3.05) is 0 Å². The lowest BCUT2D eigenvalue weighted by atomic mass is 10.2. The summed E-state index contributed by atoms with van der Waals surface area (Å²) < 4.78 is 5.31. The Hall–Kier alpha value is -2.41. The first-order valence-electron chi connectivity index (χ1n) is 4.25. The lowest BCUT2D eigenvalue weighted by Crippen LogP contribution is -1.90. The van der Waals surface area contributed by atoms with Gasteiger partial charge in [-0.05, 0) is 30.3 Å². The van der Waals surface area contributed by atoms with E-state index < -0.39 is 0 Å². The second kappa shape index (κ2) is 4.20. The van der Waals surface area contributed by atoms with Gasteiger partial charge in [-0.2, -0.15) is 10.2 Å². The van der Waals surface area contributed by atoms with Crippen LogP contribution in [0.15, 0.2) is 36.5 Å². The molecule has 0 bridgehead atoms. The van der Waals surface area contributed by atoms with E-state index in [-0.39, 0.29) is 6.01 Å². The Bertz CT molecular complexity index is 473. The van der Waals surface area contributed by atoms with Gasteiger partial charge in [0.25, 0.3) is 0 Å². The molecule has 0 saturated carbocycles. The molecule has 4 heteroatoms. The van der Waals surface area contributed by atoms with Crippen molar-refractivity contribution in [2.24, 2.45) is 0 Å². The van der Waals surface area contributed by atoms with Gasteiger partial charge in [0.2, 0.25) is 0 Å². The number of rotatable bonds is 2. The van der Waals surface area contributed by atoms with E-state index in [0.29, 0.717) is 11.3 Å². The molecule has 0 aliphatic rings. The van der Waals surface area contributed by atoms with Crippen LogP contribution in [0.4, 0.5) is 0 Å². The van der Waals surface area contributed by atoms with E-state index in [4.69, 9.17) is 10.00 Å². The van der Waals surface area contributed by atoms with Crippen LogP contribution in [0, 0.1) is 17.5 Å². The number of nitrogens with zero attached hydrogens (tertiary/aromatic N) is 3. The zero-order chi connectivity index (χ0) is 10.5. The van der Waals surface area contributed by atoms with Crippen LogP contribution in [0.1, 0.15) is 5.56 Å². The topological polar surface area (TPSA) is 58.8 Å². The van der Waals surface area contributed by atoms with Gasteiger partial charge in [0.15, 0.2) is 0 Å². The minimum atomic E-state index is 0.238. The van der Waals surface area contributed by atoms with E-state index in [0.717, 1.165) is 0 Å². The van der Waals surface area contributed by atoms with Gasteiger partial charge in [0, 0.05) is 6.20 Å². The van der Waals surface area contributed by atoms with Crippen molar-refractivity contribution in [2.45, 2.75) is 0 Å². The van der Waals surface area contributed by atoms with Crippen molar-refractivity contribution in [1.29, 1.82) is 5.26 Å². The lowest BCUT2D eigenvalue weighted by molar-refractivity contribution is 0.441. The fourth-order valence-electron chi connectivity index (χ4n) is 1.01. The number of benzene rings is 1. The van der Waals surface area contributed by atoms with Gasteiger partial charge in [-0.1, -0.05) is 0 Å². The molecular formula is C11H6N3O. The van der Waals surface area contributed by atoms with Crippen LogP contribution in [-0.4, -0.2) is 9.97 Å². The molecule has 1 aromatic carbocycles. The SMILES string of the molecule is N#Cc1ccc(Oc2n[c]ccn2)cc1. The van der Waals surface area contributed by atoms with Gasteiger partial charge in [-0.25, -0.2) is 4.98 Å². The first kappa shape index (κ1) is 9.16. The average molecular weight is 196 g/mol. The van der Waals surface area contributed by atoms with E-state index in [2.05, 4.69) is 16.2 Å². The standard InChI is InChI=1S/C11H6N3O/c12-8-9-2-4-10(5-3-9)15-11-13-6-1-7-14-11/h1-6H. The Balaban J connectivity index is 2.16. The Morgan fingerprint density at radius 2 is 2.07 bits per heavy atom. The molecule has 0 N–H and O–H groups in total. The summed E-state index contributed by atoms with van der Waals surface area (Å²) in [5, 5.41) is 8.60. The molecule has 0 atom stereocenters. The highest BCUT2D eigenvalue weighted by Crippen LogP contribution is 2.16. The predicted molar refractivity (Wildman–Crippen MR) is 52.1 cm³/mol. The number of aromatic nitrogens is 2. The smallest absolute Gasteiger partial charge is 0.322 e. The summed E-state index contributed by atoms with van der Waals surface area (Å²) in [6.45, 7) is 0. The first-order chi connectivity index (χ1) is 7.38. The van der Waals surface area contributed by atoms with E-state index in [1.54, 1.807) is 36.5 Å². The van der Waals surface area contributed by atoms with Crippen LogP contribution in [0.5, 0.6) is 11.8 Å². The largest absolute Gasteiger partial charge is 0.424 e. The molecule has 1 heterocycles. The van der Waals surface area contributed by atoms with Crippen molar-refractivity contribution in [3.05, 3.63) is 48.3 Å². The Morgan fingerprint density at radius 1 is 1.27 bits per heavy atom. The third-order valence-electron chi connectivity index (χ3n) is 1.69. The molecule has 15 heavy (non-hydrogen) atoms. The normalized spacial score (nSPS) is 9.27. The molecule has 0 fully saturated rings. The zero-order valence-electron chi connectivity index (χ0n) is 7.71. The summed E-state index contributed by atoms with van der Waals surface area (Å²) in [5.41, 5.74) is 0.586. The van der Waals surface area contributed by atoms with E-state index >= 15 is 0 Å². The highest BCUT2D eigenvalue weighted by molar-refractivity contribution is 5.35. The minimum absolute atomic E-state index is 0.238. The molecule has 1 aromatic heterocycles. The number of hydrogen-bond donors (Lipinski definition) is 0. The summed E-state index contributed by atoms with van der Waals surface area (Å²) in [4.78, 5) is 7.68. The molecule has 0 amide bonds. The van der Waals surface area contributed by atoms with Crippen molar-refractivity contribution in [3.8, 4) is 17.8 Å². The molecule has 4 nitrogen and oxygen atoms in total. The molecule has 0 saturated heterocycles. The van der Waals surface area contributed by atoms with Crippen molar-refractivity contribution >= 4 is 0 Å². The molecule has 2 aromatic rings. The van der Waals surface area contributed by atoms with E-state index in [1.807, 2.05) is 6.07 Å². The molecular weight excluding hydrogens is 190 g/mol. The third kappa shape index (κ3) is 2.29. The summed E-state index contributed by atoms with van der Waals surface area (Å²) in [7, 11) is 0. The summed E-state index contributed by atoms with van der Waals surface area (Å²) >= 11 is 0. The zero-order valence-corrected chi connectivity index (χ0v) is 7.71. The van der Waals surface area contributed by atoms with E-state index in [1.165, 1.54) is 0 Å². The molecule has 0 aliphatic heterocycles. The van der Waals surface area contributed by atoms with Gasteiger partial charge < -0.3 is 4.74 Å². The number of ether oxygens (including phenoxy) is 1. The fraction of sp³-hybridized carbons (Fsp3) is 0. The highest BCUT2D eigenvalue weighted by atomic mass is 16.5. The Kier molecular flexibility index (Phi) is 2.56. The maximum atomic E-state index is 8.60. The fourth-order valence-corrected chi connectivity index (χ4v) is 1.01. The monoisotopic (exact) mass is 196 g/mol. The van der Waals surface area contributed by atoms with Crippen LogP contribution < -0.4 is 4.74 Å². The molecule has 1 radical (unpaired) electrons. The predicted octanol–water partition coefficient (Wildman–Crippen LogP) is 1.94. The van der Waals surface area contributed by atoms with Crippen LogP contribution in [0.2, 0.25) is 0 Å². The van der Waals surface area contributed by atoms with Gasteiger partial charge in [-0.3, -0.25) is 0 Å². The van der Waals surface area contributed by atoms with Crippen LogP contribution in [0.3, 0.4) is 0 Å². The third-order valence-corrected chi connectivity index (χ3v) is 1.69. The van der Waals surface area contributed by atoms with E-state index in [9.17, 15) is 0 Å². The highest BCUT2D eigenvalue weighted by Gasteiger charge is 1.98. The minimum Gasteiger partial charge on any atom is -0.424 e. The lowest BCUT2D eigenvalue weighted by Gasteiger charge is -2.01. The van der Waals surface area contributed by atoms with Crippen molar-refractivity contribution in [3.63, 3.8) is 0 Å². The van der Waals surface area contributed by atoms with Gasteiger partial charge in [0.05, 0.1) is 17.8 Å². The second-order valence-electron chi connectivity index (χ2n) is 2.71. The van der Waals surface area contributed by atoms with Gasteiger partial charge in [-0.15, -0.1) is 0 Å². The maximum absolute atomic E-state index is 8.60.